The molecular weight excluding hydrogens is 228 g/mol. The number of nitrogens with one attached hydrogen (secondary N) is 1. The summed E-state index contributed by atoms with van der Waals surface area (Å²) in [4.78, 5) is 0. The Balaban J connectivity index is 2.24. The zero-order valence-electron chi connectivity index (χ0n) is 9.84. The van der Waals surface area contributed by atoms with Gasteiger partial charge >= 0.3 is 0 Å². The van der Waals surface area contributed by atoms with Crippen molar-refractivity contribution in [2.45, 2.75) is 6.92 Å². The van der Waals surface area contributed by atoms with Crippen molar-refractivity contribution in [3.05, 3.63) is 42.1 Å². The number of benzene rings is 1. The van der Waals surface area contributed by atoms with Crippen LogP contribution in [0.25, 0.3) is 22.6 Å². The van der Waals surface area contributed by atoms with E-state index in [1.807, 2.05) is 37.3 Å². The number of rotatable bonds is 2. The van der Waals surface area contributed by atoms with Gasteiger partial charge in [-0.25, -0.2) is 0 Å². The molecule has 0 aliphatic heterocycles. The molecule has 0 bridgehead atoms. The highest BCUT2D eigenvalue weighted by molar-refractivity contribution is 5.86. The number of aromatic amines is 1. The highest BCUT2D eigenvalue weighted by Crippen LogP contribution is 2.36. The molecule has 0 radical (unpaired) electrons. The molecule has 0 saturated carbocycles. The average molecular weight is 240 g/mol. The van der Waals surface area contributed by atoms with E-state index in [1.165, 1.54) is 0 Å². The summed E-state index contributed by atoms with van der Waals surface area (Å²) in [6.45, 7) is 2.03. The highest BCUT2D eigenvalue weighted by atomic mass is 16.5. The van der Waals surface area contributed by atoms with Gasteiger partial charge in [-0.2, -0.15) is 5.10 Å². The topological polar surface area (TPSA) is 80.7 Å². The van der Waals surface area contributed by atoms with E-state index in [0.717, 1.165) is 22.4 Å². The Kier molecular flexibility index (Phi) is 2.37. The van der Waals surface area contributed by atoms with Gasteiger partial charge in [-0.05, 0) is 24.1 Å². The first-order chi connectivity index (χ1) is 8.77. The van der Waals surface area contributed by atoms with Gasteiger partial charge < -0.3 is 10.3 Å². The van der Waals surface area contributed by atoms with Crippen LogP contribution in [0.3, 0.4) is 0 Å². The third-order valence-electron chi connectivity index (χ3n) is 2.88. The fraction of sp³-hybridized carbons (Fsp3) is 0.0769. The molecule has 0 atom stereocenters. The Labute approximate surface area is 104 Å². The van der Waals surface area contributed by atoms with Gasteiger partial charge in [-0.1, -0.05) is 29.4 Å². The summed E-state index contributed by atoms with van der Waals surface area (Å²) >= 11 is 0. The Morgan fingerprint density at radius 1 is 1.22 bits per heavy atom. The van der Waals surface area contributed by atoms with Gasteiger partial charge in [0.05, 0.1) is 5.56 Å². The first kappa shape index (κ1) is 10.6. The lowest BCUT2D eigenvalue weighted by atomic mass is 10.00. The summed E-state index contributed by atoms with van der Waals surface area (Å²) in [5.41, 5.74) is 9.61. The fourth-order valence-corrected chi connectivity index (χ4v) is 1.98. The molecular formula is C13H12N4O. The van der Waals surface area contributed by atoms with Crippen molar-refractivity contribution in [2.24, 2.45) is 0 Å². The number of nitrogen functional groups attached to an aromatic ring is 1. The van der Waals surface area contributed by atoms with Gasteiger partial charge in [0.1, 0.15) is 5.69 Å². The second-order valence-corrected chi connectivity index (χ2v) is 4.06. The summed E-state index contributed by atoms with van der Waals surface area (Å²) in [7, 11) is 0. The van der Waals surface area contributed by atoms with Crippen molar-refractivity contribution in [2.75, 3.05) is 5.73 Å². The molecule has 3 aromatic rings. The lowest BCUT2D eigenvalue weighted by Gasteiger charge is -2.04. The summed E-state index contributed by atoms with van der Waals surface area (Å²) in [6, 6.07) is 9.79. The lowest BCUT2D eigenvalue weighted by molar-refractivity contribution is 0.434. The Hall–Kier alpha value is -2.56. The summed E-state index contributed by atoms with van der Waals surface area (Å²) in [5.74, 6) is 0.994. The predicted molar refractivity (Wildman–Crippen MR) is 68.7 cm³/mol. The molecule has 90 valence electrons. The maximum atomic E-state index is 5.91. The van der Waals surface area contributed by atoms with E-state index in [9.17, 15) is 0 Å². The van der Waals surface area contributed by atoms with E-state index in [0.29, 0.717) is 11.6 Å². The molecule has 0 unspecified atom stereocenters. The second-order valence-electron chi connectivity index (χ2n) is 4.06. The number of aromatic nitrogens is 3. The quantitative estimate of drug-likeness (QED) is 0.721. The van der Waals surface area contributed by atoms with Gasteiger partial charge in [0.15, 0.2) is 11.6 Å². The molecule has 3 rings (SSSR count). The van der Waals surface area contributed by atoms with Crippen molar-refractivity contribution in [1.29, 1.82) is 0 Å². The van der Waals surface area contributed by atoms with E-state index in [1.54, 1.807) is 6.20 Å². The Bertz CT molecular complexity index is 670. The van der Waals surface area contributed by atoms with Crippen LogP contribution in [-0.4, -0.2) is 15.4 Å². The number of nitrogens with zero attached hydrogens (tertiary/aromatic N) is 2. The third kappa shape index (κ3) is 1.57. The van der Waals surface area contributed by atoms with Crippen LogP contribution >= 0.6 is 0 Å². The van der Waals surface area contributed by atoms with Crippen LogP contribution in [0.4, 0.5) is 5.82 Å². The monoisotopic (exact) mass is 240 g/mol. The van der Waals surface area contributed by atoms with Gasteiger partial charge in [-0.15, -0.1) is 0 Å². The molecule has 2 aromatic heterocycles. The number of aryl methyl sites for hydroxylation is 1. The minimum Gasteiger partial charge on any atom is -0.380 e. The van der Waals surface area contributed by atoms with Crippen molar-refractivity contribution in [3.8, 4) is 22.6 Å². The van der Waals surface area contributed by atoms with Crippen LogP contribution in [0, 0.1) is 6.92 Å². The molecule has 18 heavy (non-hydrogen) atoms. The van der Waals surface area contributed by atoms with Gasteiger partial charge in [0.2, 0.25) is 0 Å². The molecule has 3 N–H and O–H groups in total. The number of H-pyrrole nitrogens is 1. The third-order valence-corrected chi connectivity index (χ3v) is 2.88. The highest BCUT2D eigenvalue weighted by Gasteiger charge is 2.19. The molecule has 0 saturated heterocycles. The van der Waals surface area contributed by atoms with E-state index in [4.69, 9.17) is 10.3 Å². The maximum absolute atomic E-state index is 5.91. The lowest BCUT2D eigenvalue weighted by Crippen LogP contribution is -1.91. The van der Waals surface area contributed by atoms with Crippen molar-refractivity contribution < 1.29 is 4.52 Å². The molecule has 5 heteroatoms. The van der Waals surface area contributed by atoms with Crippen LogP contribution in [0.1, 0.15) is 5.56 Å². The van der Waals surface area contributed by atoms with Crippen molar-refractivity contribution in [1.82, 2.24) is 15.4 Å². The standard InChI is InChI=1S/C13H12N4O/c1-8-4-2-3-5-9(8)11-12(18-17-13(11)14)10-6-7-15-16-10/h2-7H,1H3,(H2,14,17)(H,15,16). The van der Waals surface area contributed by atoms with Crippen LogP contribution in [0.5, 0.6) is 0 Å². The van der Waals surface area contributed by atoms with Crippen LogP contribution in [0.2, 0.25) is 0 Å². The Morgan fingerprint density at radius 2 is 2.06 bits per heavy atom. The van der Waals surface area contributed by atoms with Crippen molar-refractivity contribution in [3.63, 3.8) is 0 Å². The normalized spacial score (nSPS) is 10.7. The number of nitrogens with two attached hydrogens (primary N) is 1. The van der Waals surface area contributed by atoms with Gasteiger partial charge in [0, 0.05) is 6.20 Å². The zero-order chi connectivity index (χ0) is 12.5. The molecule has 0 amide bonds. The summed E-state index contributed by atoms with van der Waals surface area (Å²) < 4.78 is 5.30. The summed E-state index contributed by atoms with van der Waals surface area (Å²) in [5, 5.41) is 10.6. The van der Waals surface area contributed by atoms with Crippen LogP contribution in [-0.2, 0) is 0 Å². The minimum absolute atomic E-state index is 0.383. The molecule has 0 spiro atoms. The predicted octanol–water partition coefficient (Wildman–Crippen LogP) is 2.62. The Morgan fingerprint density at radius 3 is 2.78 bits per heavy atom. The molecule has 0 fully saturated rings. The molecule has 2 heterocycles. The molecule has 1 aromatic carbocycles. The van der Waals surface area contributed by atoms with Gasteiger partial charge in [0.25, 0.3) is 0 Å². The van der Waals surface area contributed by atoms with E-state index >= 15 is 0 Å². The average Bonchev–Trinajstić information content (AvgIpc) is 2.99. The smallest absolute Gasteiger partial charge is 0.194 e. The van der Waals surface area contributed by atoms with E-state index < -0.39 is 0 Å². The first-order valence-electron chi connectivity index (χ1n) is 5.58. The minimum atomic E-state index is 0.383. The molecule has 5 nitrogen and oxygen atoms in total. The number of anilines is 1. The van der Waals surface area contributed by atoms with Gasteiger partial charge in [-0.3, -0.25) is 5.10 Å². The maximum Gasteiger partial charge on any atom is 0.194 e. The van der Waals surface area contributed by atoms with E-state index in [2.05, 4.69) is 15.4 Å². The fourth-order valence-electron chi connectivity index (χ4n) is 1.98. The zero-order valence-corrected chi connectivity index (χ0v) is 9.84. The van der Waals surface area contributed by atoms with Crippen molar-refractivity contribution >= 4 is 5.82 Å². The van der Waals surface area contributed by atoms with E-state index in [-0.39, 0.29) is 0 Å². The molecule has 0 aliphatic carbocycles. The second kappa shape index (κ2) is 4.03. The van der Waals surface area contributed by atoms with Crippen LogP contribution in [0.15, 0.2) is 41.1 Å². The molecule has 0 aliphatic rings. The summed E-state index contributed by atoms with van der Waals surface area (Å²) in [6.07, 6.45) is 1.66. The van der Waals surface area contributed by atoms with Crippen LogP contribution < -0.4 is 5.73 Å². The SMILES string of the molecule is Cc1ccccc1-c1c(N)noc1-c1ccn[nH]1. The largest absolute Gasteiger partial charge is 0.380 e. The number of hydrogen-bond acceptors (Lipinski definition) is 4. The number of hydrogen-bond donors (Lipinski definition) is 2. The first-order valence-corrected chi connectivity index (χ1v) is 5.58.